The van der Waals surface area contributed by atoms with Crippen LogP contribution in [0.1, 0.15) is 22.9 Å². The number of aliphatic hydroxyl groups is 1. The minimum absolute atomic E-state index is 0.0675. The van der Waals surface area contributed by atoms with E-state index in [0.717, 1.165) is 4.90 Å². The highest BCUT2D eigenvalue weighted by Gasteiger charge is 2.49. The number of carbonyl (C=O) groups excluding carboxylic acids is 2. The van der Waals surface area contributed by atoms with Crippen LogP contribution in [0.15, 0.2) is 95.3 Å². The second-order valence-corrected chi connectivity index (χ2v) is 8.80. The Hall–Kier alpha value is -5.25. The van der Waals surface area contributed by atoms with Crippen LogP contribution < -0.4 is 10.5 Å². The Balaban J connectivity index is 1.81. The topological polar surface area (TPSA) is 128 Å². The zero-order chi connectivity index (χ0) is 27.1. The molecule has 10 heteroatoms. The lowest BCUT2D eigenvalue weighted by Gasteiger charge is -2.24. The number of hydrogen-bond acceptors (Lipinski definition) is 6. The molecule has 0 unspecified atom stereocenters. The third-order valence-corrected chi connectivity index (χ3v) is 6.65. The average molecular weight is 511 g/mol. The summed E-state index contributed by atoms with van der Waals surface area (Å²) >= 11 is 0. The summed E-state index contributed by atoms with van der Waals surface area (Å²) in [5.41, 5.74) is 0.250. The Morgan fingerprint density at radius 1 is 0.921 bits per heavy atom. The molecule has 0 radical (unpaired) electrons. The molecule has 1 atom stereocenters. The molecule has 1 N–H and O–H groups in total. The summed E-state index contributed by atoms with van der Waals surface area (Å²) in [6, 6.07) is 21.2. The van der Waals surface area contributed by atoms with Gasteiger partial charge in [-0.2, -0.15) is 0 Å². The van der Waals surface area contributed by atoms with Crippen molar-refractivity contribution in [1.82, 2.24) is 9.36 Å². The van der Waals surface area contributed by atoms with E-state index in [1.807, 2.05) is 0 Å². The summed E-state index contributed by atoms with van der Waals surface area (Å²) < 4.78 is 2.93. The maximum absolute atomic E-state index is 13.8. The minimum atomic E-state index is -1.28. The molecule has 1 aromatic heterocycles. The number of hydrogen-bond donors (Lipinski definition) is 1. The Bertz CT molecular complexity index is 1690. The smallest absolute Gasteiger partial charge is 0.300 e. The van der Waals surface area contributed by atoms with Crippen molar-refractivity contribution in [2.45, 2.75) is 13.0 Å². The number of non-ortho nitro benzene ring substituents is 1. The Morgan fingerprint density at radius 2 is 1.55 bits per heavy atom. The molecule has 0 spiro atoms. The van der Waals surface area contributed by atoms with Crippen LogP contribution in [0.2, 0.25) is 0 Å². The van der Waals surface area contributed by atoms with Gasteiger partial charge in [0.2, 0.25) is 0 Å². The number of nitro benzene ring substituents is 1. The number of anilines is 1. The van der Waals surface area contributed by atoms with Crippen molar-refractivity contribution in [3.63, 3.8) is 0 Å². The van der Waals surface area contributed by atoms with E-state index >= 15 is 0 Å². The van der Waals surface area contributed by atoms with Gasteiger partial charge in [-0.25, -0.2) is 4.68 Å². The fraction of sp³-hybridized carbons (Fsp3) is 0.107. The molecular weight excluding hydrogens is 488 g/mol. The van der Waals surface area contributed by atoms with Crippen molar-refractivity contribution >= 4 is 28.8 Å². The van der Waals surface area contributed by atoms with Gasteiger partial charge < -0.3 is 5.11 Å². The van der Waals surface area contributed by atoms with E-state index in [9.17, 15) is 29.6 Å². The predicted molar refractivity (Wildman–Crippen MR) is 140 cm³/mol. The molecule has 38 heavy (non-hydrogen) atoms. The van der Waals surface area contributed by atoms with Crippen LogP contribution in [0.3, 0.4) is 0 Å². The van der Waals surface area contributed by atoms with Gasteiger partial charge in [0.05, 0.1) is 27.9 Å². The normalized spacial score (nSPS) is 16.7. The monoisotopic (exact) mass is 510 g/mol. The molecule has 0 aliphatic carbocycles. The fourth-order valence-corrected chi connectivity index (χ4v) is 4.77. The molecule has 1 saturated heterocycles. The van der Waals surface area contributed by atoms with Crippen LogP contribution in [0, 0.1) is 17.0 Å². The number of aromatic nitrogens is 2. The number of nitro groups is 1. The first kappa shape index (κ1) is 24.4. The lowest BCUT2D eigenvalue weighted by Crippen LogP contribution is -2.34. The number of rotatable bonds is 5. The second-order valence-electron chi connectivity index (χ2n) is 8.80. The van der Waals surface area contributed by atoms with Gasteiger partial charge in [0.25, 0.3) is 22.9 Å². The average Bonchev–Trinajstić information content (AvgIpc) is 3.32. The van der Waals surface area contributed by atoms with Gasteiger partial charge in [-0.05, 0) is 24.6 Å². The largest absolute Gasteiger partial charge is 0.507 e. The van der Waals surface area contributed by atoms with Gasteiger partial charge in [0.1, 0.15) is 11.4 Å². The maximum atomic E-state index is 13.8. The number of Topliss-reactive ketones (excluding diaryl/α,β-unsaturated/α-hetero) is 1. The van der Waals surface area contributed by atoms with E-state index in [-0.39, 0.29) is 28.1 Å². The zero-order valence-corrected chi connectivity index (χ0v) is 20.4. The SMILES string of the molecule is Cc1c(N2C(=O)C(=O)C(=C(O)c3ccccc3)[C@@H]2c2cccc([N+](=O)[O-])c2)c(=O)n(-c2ccccc2)n1C. The second kappa shape index (κ2) is 9.32. The molecule has 2 heterocycles. The first-order valence-corrected chi connectivity index (χ1v) is 11.7. The summed E-state index contributed by atoms with van der Waals surface area (Å²) in [7, 11) is 1.65. The molecule has 1 aliphatic rings. The highest BCUT2D eigenvalue weighted by Crippen LogP contribution is 2.43. The highest BCUT2D eigenvalue weighted by molar-refractivity contribution is 6.51. The molecule has 1 fully saturated rings. The molecule has 0 bridgehead atoms. The number of nitrogens with zero attached hydrogens (tertiary/aromatic N) is 4. The Morgan fingerprint density at radius 3 is 2.18 bits per heavy atom. The van der Waals surface area contributed by atoms with Crippen molar-refractivity contribution in [2.24, 2.45) is 7.05 Å². The fourth-order valence-electron chi connectivity index (χ4n) is 4.77. The van der Waals surface area contributed by atoms with Gasteiger partial charge in [-0.1, -0.05) is 60.7 Å². The first-order valence-electron chi connectivity index (χ1n) is 11.7. The van der Waals surface area contributed by atoms with Gasteiger partial charge in [0, 0.05) is 24.7 Å². The van der Waals surface area contributed by atoms with Crippen LogP contribution in [0.5, 0.6) is 0 Å². The molecule has 4 aromatic rings. The number of carbonyl (C=O) groups is 2. The third kappa shape index (κ3) is 3.79. The van der Waals surface area contributed by atoms with Gasteiger partial charge in [-0.15, -0.1) is 0 Å². The molecule has 1 amide bonds. The molecule has 10 nitrogen and oxygen atoms in total. The van der Waals surface area contributed by atoms with Crippen molar-refractivity contribution in [3.8, 4) is 5.69 Å². The van der Waals surface area contributed by atoms with Crippen molar-refractivity contribution in [2.75, 3.05) is 4.90 Å². The van der Waals surface area contributed by atoms with E-state index < -0.39 is 34.0 Å². The maximum Gasteiger partial charge on any atom is 0.300 e. The molecule has 3 aromatic carbocycles. The standard InChI is InChI=1S/C28H22N4O6/c1-17-23(27(35)31(29(17)2)20-13-7-4-8-14-20)30-24(19-12-9-15-21(16-19)32(37)38)22(26(34)28(30)36)25(33)18-10-5-3-6-11-18/h3-16,24,33H,1-2H3/t24-/m0/s1. The third-order valence-electron chi connectivity index (χ3n) is 6.65. The lowest BCUT2D eigenvalue weighted by molar-refractivity contribution is -0.384. The minimum Gasteiger partial charge on any atom is -0.507 e. The van der Waals surface area contributed by atoms with Crippen molar-refractivity contribution < 1.29 is 19.6 Å². The molecule has 190 valence electrons. The quantitative estimate of drug-likeness (QED) is 0.142. The Kier molecular flexibility index (Phi) is 6.00. The van der Waals surface area contributed by atoms with Crippen molar-refractivity contribution in [3.05, 3.63) is 128 Å². The van der Waals surface area contributed by atoms with E-state index in [1.165, 1.54) is 28.9 Å². The van der Waals surface area contributed by atoms with Gasteiger partial charge >= 0.3 is 0 Å². The van der Waals surface area contributed by atoms with E-state index in [2.05, 4.69) is 0 Å². The first-order chi connectivity index (χ1) is 18.2. The molecule has 1 aliphatic heterocycles. The summed E-state index contributed by atoms with van der Waals surface area (Å²) in [5.74, 6) is -2.47. The van der Waals surface area contributed by atoms with E-state index in [0.29, 0.717) is 11.4 Å². The van der Waals surface area contributed by atoms with Crippen LogP contribution >= 0.6 is 0 Å². The number of para-hydroxylation sites is 1. The van der Waals surface area contributed by atoms with Gasteiger partial charge in [0.15, 0.2) is 0 Å². The van der Waals surface area contributed by atoms with Crippen LogP contribution in [-0.2, 0) is 16.6 Å². The number of amides is 1. The summed E-state index contributed by atoms with van der Waals surface area (Å²) in [6.45, 7) is 1.64. The Labute approximate surface area is 216 Å². The number of benzene rings is 3. The van der Waals surface area contributed by atoms with Crippen molar-refractivity contribution in [1.29, 1.82) is 0 Å². The van der Waals surface area contributed by atoms with E-state index in [4.69, 9.17) is 0 Å². The number of aliphatic hydroxyl groups excluding tert-OH is 1. The highest BCUT2D eigenvalue weighted by atomic mass is 16.6. The van der Waals surface area contributed by atoms with Crippen LogP contribution in [-0.4, -0.2) is 31.1 Å². The van der Waals surface area contributed by atoms with Gasteiger partial charge in [-0.3, -0.25) is 34.1 Å². The number of ketones is 1. The summed E-state index contributed by atoms with van der Waals surface area (Å²) in [4.78, 5) is 52.8. The lowest BCUT2D eigenvalue weighted by atomic mass is 9.95. The van der Waals surface area contributed by atoms with Crippen LogP contribution in [0.4, 0.5) is 11.4 Å². The molecule has 5 rings (SSSR count). The predicted octanol–water partition coefficient (Wildman–Crippen LogP) is 4.02. The van der Waals surface area contributed by atoms with E-state index in [1.54, 1.807) is 79.3 Å². The molecular formula is C28H22N4O6. The zero-order valence-electron chi connectivity index (χ0n) is 20.4. The summed E-state index contributed by atoms with van der Waals surface area (Å²) in [6.07, 6.45) is 0. The van der Waals surface area contributed by atoms with Crippen LogP contribution in [0.25, 0.3) is 11.4 Å². The summed E-state index contributed by atoms with van der Waals surface area (Å²) in [5, 5.41) is 22.8. The molecule has 0 saturated carbocycles.